The van der Waals surface area contributed by atoms with Crippen LogP contribution in [0.4, 0.5) is 15.3 Å². The number of anilines is 1. The first kappa shape index (κ1) is 28.7. The summed E-state index contributed by atoms with van der Waals surface area (Å²) >= 11 is 6.30. The molecule has 1 saturated carbocycles. The zero-order chi connectivity index (χ0) is 29.1. The number of carbonyl (C=O) groups excluding carboxylic acids is 3. The summed E-state index contributed by atoms with van der Waals surface area (Å²) in [6, 6.07) is 13.8. The minimum Gasteiger partial charge on any atom is -0.465 e. The van der Waals surface area contributed by atoms with Gasteiger partial charge < -0.3 is 25.0 Å². The van der Waals surface area contributed by atoms with Crippen LogP contribution in [0, 0.1) is 5.92 Å². The van der Waals surface area contributed by atoms with Gasteiger partial charge in [0.05, 0.1) is 12.2 Å². The lowest BCUT2D eigenvalue weighted by Gasteiger charge is -2.45. The molecule has 1 spiro atoms. The number of benzene rings is 2. The number of carboxylic acid groups (broad SMARTS) is 1. The number of amides is 4. The van der Waals surface area contributed by atoms with E-state index in [4.69, 9.17) is 16.3 Å². The lowest BCUT2D eigenvalue weighted by atomic mass is 9.83. The number of halogens is 1. The molecule has 1 saturated heterocycles. The Morgan fingerprint density at radius 1 is 1.17 bits per heavy atom. The average Bonchev–Trinajstić information content (AvgIpc) is 2.97. The Bertz CT molecular complexity index is 1320. The van der Waals surface area contributed by atoms with Gasteiger partial charge in [0.15, 0.2) is 5.60 Å². The number of hydrogen-bond donors (Lipinski definition) is 3. The molecule has 3 N–H and O–H groups in total. The fraction of sp³-hybridized carbons (Fsp3) is 0.467. The summed E-state index contributed by atoms with van der Waals surface area (Å²) in [7, 11) is 1.55. The van der Waals surface area contributed by atoms with Crippen LogP contribution < -0.4 is 10.6 Å². The Kier molecular flexibility index (Phi) is 8.40. The smallest absolute Gasteiger partial charge is 0.412 e. The van der Waals surface area contributed by atoms with E-state index >= 15 is 0 Å². The quantitative estimate of drug-likeness (QED) is 0.456. The molecule has 2 aliphatic heterocycles. The molecule has 4 amide bonds. The number of piperidine rings is 1. The van der Waals surface area contributed by atoms with Crippen LogP contribution in [-0.4, -0.2) is 71.1 Å². The van der Waals surface area contributed by atoms with Crippen molar-refractivity contribution in [2.45, 2.75) is 62.6 Å². The third-order valence-electron chi connectivity index (χ3n) is 8.58. The predicted molar refractivity (Wildman–Crippen MR) is 153 cm³/mol. The summed E-state index contributed by atoms with van der Waals surface area (Å²) in [5.41, 5.74) is 1.22. The van der Waals surface area contributed by atoms with Gasteiger partial charge in [-0.2, -0.15) is 0 Å². The fourth-order valence-electron chi connectivity index (χ4n) is 6.32. The third-order valence-corrected chi connectivity index (χ3v) is 8.81. The van der Waals surface area contributed by atoms with Crippen molar-refractivity contribution in [1.29, 1.82) is 0 Å². The molecule has 2 fully saturated rings. The maximum atomic E-state index is 14.1. The predicted octanol–water partition coefficient (Wildman–Crippen LogP) is 4.62. The molecule has 2 heterocycles. The van der Waals surface area contributed by atoms with E-state index in [1.807, 2.05) is 30.3 Å². The second-order valence-corrected chi connectivity index (χ2v) is 11.6. The number of nitrogens with zero attached hydrogens (tertiary/aromatic N) is 2. The highest BCUT2D eigenvalue weighted by Gasteiger charge is 2.47. The summed E-state index contributed by atoms with van der Waals surface area (Å²) in [6.45, 7) is 0.621. The highest BCUT2D eigenvalue weighted by molar-refractivity contribution is 6.30. The van der Waals surface area contributed by atoms with Crippen molar-refractivity contribution < 1.29 is 29.0 Å². The van der Waals surface area contributed by atoms with Gasteiger partial charge in [-0.25, -0.2) is 9.59 Å². The second kappa shape index (κ2) is 12.0. The zero-order valence-corrected chi connectivity index (χ0v) is 23.7. The second-order valence-electron chi connectivity index (χ2n) is 11.2. The lowest BCUT2D eigenvalue weighted by molar-refractivity contribution is -0.144. The molecule has 11 heteroatoms. The van der Waals surface area contributed by atoms with Crippen molar-refractivity contribution in [3.63, 3.8) is 0 Å². The number of hydrogen-bond acceptors (Lipinski definition) is 5. The van der Waals surface area contributed by atoms with Crippen molar-refractivity contribution in [1.82, 2.24) is 15.1 Å². The Morgan fingerprint density at radius 3 is 2.61 bits per heavy atom. The Balaban J connectivity index is 1.34. The summed E-state index contributed by atoms with van der Waals surface area (Å²) in [4.78, 5) is 54.3. The number of likely N-dealkylation sites (tertiary alicyclic amines) is 1. The van der Waals surface area contributed by atoms with Crippen molar-refractivity contribution >= 4 is 41.3 Å². The SMILES string of the molecule is CN(C(=O)O)C1CCC(C(=O)N[C@@H](Cc2ccccc2)C(=O)N2CCC[C@@]3(C2)OC(=O)Nc2ccc(Cl)cc23)CC1. The Morgan fingerprint density at radius 2 is 1.90 bits per heavy atom. The summed E-state index contributed by atoms with van der Waals surface area (Å²) in [5, 5.41) is 15.5. The standard InChI is InChI=1S/C30H35ClN4O6/c1-34(29(39)40)22-11-8-20(9-12-22)26(36)32-25(16-19-6-3-2-4-7-19)27(37)35-15-5-14-30(18-35)23-17-21(31)10-13-24(23)33-28(38)41-30/h2-4,6-7,10,13,17,20,22,25H,5,8-9,11-12,14-16,18H2,1H3,(H,32,36)(H,33,38)(H,39,40)/t20?,22?,25-,30-/m0/s1. The zero-order valence-electron chi connectivity index (χ0n) is 23.0. The molecule has 1 aliphatic carbocycles. The van der Waals surface area contributed by atoms with Gasteiger partial charge in [0.1, 0.15) is 6.04 Å². The highest BCUT2D eigenvalue weighted by Crippen LogP contribution is 2.43. The number of ether oxygens (including phenoxy) is 1. The number of carbonyl (C=O) groups is 4. The van der Waals surface area contributed by atoms with Gasteiger partial charge in [0.25, 0.3) is 0 Å². The number of rotatable bonds is 6. The molecule has 5 rings (SSSR count). The van der Waals surface area contributed by atoms with Crippen molar-refractivity contribution in [3.05, 3.63) is 64.7 Å². The van der Waals surface area contributed by atoms with E-state index in [-0.39, 0.29) is 30.3 Å². The van der Waals surface area contributed by atoms with E-state index in [1.54, 1.807) is 30.1 Å². The first-order chi connectivity index (χ1) is 19.6. The van der Waals surface area contributed by atoms with E-state index in [0.717, 1.165) is 11.1 Å². The Labute approximate surface area is 244 Å². The normalized spacial score (nSPS) is 24.4. The van der Waals surface area contributed by atoms with Crippen molar-refractivity contribution in [2.24, 2.45) is 5.92 Å². The van der Waals surface area contributed by atoms with Gasteiger partial charge in [-0.3, -0.25) is 14.9 Å². The average molecular weight is 583 g/mol. The minimum atomic E-state index is -1.04. The number of nitrogens with one attached hydrogen (secondary N) is 2. The molecule has 3 aliphatic rings. The van der Waals surface area contributed by atoms with E-state index in [9.17, 15) is 24.3 Å². The molecule has 10 nitrogen and oxygen atoms in total. The molecule has 41 heavy (non-hydrogen) atoms. The van der Waals surface area contributed by atoms with Gasteiger partial charge in [-0.15, -0.1) is 0 Å². The summed E-state index contributed by atoms with van der Waals surface area (Å²) < 4.78 is 5.86. The molecule has 0 bridgehead atoms. The van der Waals surface area contributed by atoms with E-state index < -0.39 is 23.8 Å². The van der Waals surface area contributed by atoms with E-state index in [0.29, 0.717) is 62.2 Å². The van der Waals surface area contributed by atoms with E-state index in [2.05, 4.69) is 10.6 Å². The lowest BCUT2D eigenvalue weighted by Crippen LogP contribution is -2.58. The van der Waals surface area contributed by atoms with Gasteiger partial charge in [0, 0.05) is 42.6 Å². The molecule has 0 aromatic heterocycles. The van der Waals surface area contributed by atoms with Crippen LogP contribution in [0.25, 0.3) is 0 Å². The van der Waals surface area contributed by atoms with Crippen LogP contribution in [0.15, 0.2) is 48.5 Å². The van der Waals surface area contributed by atoms with Crippen LogP contribution in [-0.2, 0) is 26.3 Å². The largest absolute Gasteiger partial charge is 0.465 e. The van der Waals surface area contributed by atoms with Gasteiger partial charge in [-0.05, 0) is 62.3 Å². The van der Waals surface area contributed by atoms with Crippen molar-refractivity contribution in [2.75, 3.05) is 25.5 Å². The molecule has 0 unspecified atom stereocenters. The third kappa shape index (κ3) is 6.27. The first-order valence-electron chi connectivity index (χ1n) is 14.0. The first-order valence-corrected chi connectivity index (χ1v) is 14.4. The van der Waals surface area contributed by atoms with Crippen LogP contribution in [0.3, 0.4) is 0 Å². The van der Waals surface area contributed by atoms with Crippen LogP contribution >= 0.6 is 11.6 Å². The minimum absolute atomic E-state index is 0.119. The fourth-order valence-corrected chi connectivity index (χ4v) is 6.50. The van der Waals surface area contributed by atoms with Crippen LogP contribution in [0.2, 0.25) is 5.02 Å². The molecule has 218 valence electrons. The summed E-state index contributed by atoms with van der Waals surface area (Å²) in [6.07, 6.45) is 2.20. The maximum absolute atomic E-state index is 14.1. The van der Waals surface area contributed by atoms with Crippen molar-refractivity contribution in [3.8, 4) is 0 Å². The molecule has 2 atom stereocenters. The van der Waals surface area contributed by atoms with Gasteiger partial charge >= 0.3 is 12.2 Å². The molecular weight excluding hydrogens is 548 g/mol. The van der Waals surface area contributed by atoms with Gasteiger partial charge in [-0.1, -0.05) is 41.9 Å². The molecule has 2 aromatic carbocycles. The number of fused-ring (bicyclic) bond motifs is 2. The van der Waals surface area contributed by atoms with Crippen LogP contribution in [0.5, 0.6) is 0 Å². The Hall–Kier alpha value is -3.79. The molecular formula is C30H35ClN4O6. The van der Waals surface area contributed by atoms with Gasteiger partial charge in [0.2, 0.25) is 11.8 Å². The van der Waals surface area contributed by atoms with E-state index in [1.165, 1.54) is 4.90 Å². The topological polar surface area (TPSA) is 128 Å². The molecule has 2 aromatic rings. The monoisotopic (exact) mass is 582 g/mol. The highest BCUT2D eigenvalue weighted by atomic mass is 35.5. The van der Waals surface area contributed by atoms with Crippen LogP contribution in [0.1, 0.15) is 49.7 Å². The summed E-state index contributed by atoms with van der Waals surface area (Å²) in [5.74, 6) is -0.738. The molecule has 0 radical (unpaired) electrons. The maximum Gasteiger partial charge on any atom is 0.412 e.